The molecule has 0 aliphatic heterocycles. The Hall–Kier alpha value is -1.93. The lowest BCUT2D eigenvalue weighted by Crippen LogP contribution is -2.58. The number of rotatable bonds is 4. The van der Waals surface area contributed by atoms with E-state index in [-0.39, 0.29) is 0 Å². The molecular weight excluding hydrogens is 275 g/mol. The minimum atomic E-state index is -4.66. The van der Waals surface area contributed by atoms with Crippen molar-refractivity contribution in [1.82, 2.24) is 10.8 Å². The Morgan fingerprint density at radius 2 is 1.85 bits per heavy atom. The molecule has 20 heavy (non-hydrogen) atoms. The minimum absolute atomic E-state index is 0.479. The number of carbonyl (C=O) groups excluding carboxylic acids is 1. The normalized spacial score (nSPS) is 14.5. The van der Waals surface area contributed by atoms with E-state index in [1.807, 2.05) is 0 Å². The van der Waals surface area contributed by atoms with Crippen LogP contribution in [0.4, 0.5) is 13.2 Å². The first kappa shape index (κ1) is 16.1. The highest BCUT2D eigenvalue weighted by atomic mass is 19.4. The summed E-state index contributed by atoms with van der Waals surface area (Å²) in [5.74, 6) is -0.832. The van der Waals surface area contributed by atoms with E-state index in [1.54, 1.807) is 5.48 Å². The van der Waals surface area contributed by atoms with Gasteiger partial charge in [0.1, 0.15) is 0 Å². The van der Waals surface area contributed by atoms with Crippen LogP contribution in [0.1, 0.15) is 18.1 Å². The van der Waals surface area contributed by atoms with Crippen LogP contribution in [-0.4, -0.2) is 29.4 Å². The minimum Gasteiger partial charge on any atom is -0.357 e. The van der Waals surface area contributed by atoms with Crippen LogP contribution in [0, 0.1) is 5.41 Å². The quantitative estimate of drug-likeness (QED) is 0.501. The van der Waals surface area contributed by atoms with Crippen LogP contribution in [0.5, 0.6) is 0 Å². The van der Waals surface area contributed by atoms with E-state index < -0.39 is 34.5 Å². The number of hydrogen-bond acceptors (Lipinski definition) is 4. The standard InChI is InChI=1S/C12H14F3N3O2/c1-11(18-20,10(19)17-2)9(16)7-5-3-4-6-8(7)12(13,14)15/h3-6,16,18,20H,1-2H3,(H,17,19). The van der Waals surface area contributed by atoms with Crippen molar-refractivity contribution < 1.29 is 23.2 Å². The van der Waals surface area contributed by atoms with E-state index in [4.69, 9.17) is 10.6 Å². The summed E-state index contributed by atoms with van der Waals surface area (Å²) in [6.07, 6.45) is -4.66. The number of carbonyl (C=O) groups is 1. The van der Waals surface area contributed by atoms with E-state index in [0.717, 1.165) is 19.1 Å². The summed E-state index contributed by atoms with van der Waals surface area (Å²) in [5, 5.41) is 19.1. The zero-order valence-corrected chi connectivity index (χ0v) is 10.8. The predicted octanol–water partition coefficient (Wildman–Crippen LogP) is 1.56. The van der Waals surface area contributed by atoms with Crippen molar-refractivity contribution in [2.24, 2.45) is 0 Å². The molecule has 0 fully saturated rings. The third kappa shape index (κ3) is 2.81. The predicted molar refractivity (Wildman–Crippen MR) is 65.7 cm³/mol. The van der Waals surface area contributed by atoms with Gasteiger partial charge in [-0.2, -0.15) is 18.7 Å². The molecule has 1 unspecified atom stereocenters. The fourth-order valence-electron chi connectivity index (χ4n) is 1.69. The Morgan fingerprint density at radius 1 is 1.30 bits per heavy atom. The Labute approximate surface area is 113 Å². The number of hydroxylamine groups is 1. The number of benzene rings is 1. The van der Waals surface area contributed by atoms with Crippen molar-refractivity contribution in [1.29, 1.82) is 5.41 Å². The molecule has 0 saturated heterocycles. The summed E-state index contributed by atoms with van der Waals surface area (Å²) in [6.45, 7) is 1.11. The van der Waals surface area contributed by atoms with Gasteiger partial charge in [-0.3, -0.25) is 4.79 Å². The number of nitrogens with one attached hydrogen (secondary N) is 3. The van der Waals surface area contributed by atoms with Crippen LogP contribution in [0.3, 0.4) is 0 Å². The first-order valence-electron chi connectivity index (χ1n) is 5.57. The number of likely N-dealkylation sites (N-methyl/N-ethyl adjacent to an activating group) is 1. The first-order valence-corrected chi connectivity index (χ1v) is 5.57. The van der Waals surface area contributed by atoms with Crippen LogP contribution in [0.2, 0.25) is 0 Å². The molecule has 0 heterocycles. The molecule has 0 aromatic heterocycles. The number of alkyl halides is 3. The average Bonchev–Trinajstić information content (AvgIpc) is 2.43. The molecule has 0 aliphatic carbocycles. The van der Waals surface area contributed by atoms with Crippen molar-refractivity contribution in [3.63, 3.8) is 0 Å². The van der Waals surface area contributed by atoms with Gasteiger partial charge in [-0.25, -0.2) is 0 Å². The molecule has 110 valence electrons. The molecule has 1 atom stereocenters. The number of halogens is 3. The molecule has 0 spiro atoms. The largest absolute Gasteiger partial charge is 0.417 e. The van der Waals surface area contributed by atoms with Crippen LogP contribution < -0.4 is 10.8 Å². The Balaban J connectivity index is 3.38. The topological polar surface area (TPSA) is 85.2 Å². The zero-order chi connectivity index (χ0) is 15.6. The van der Waals surface area contributed by atoms with Crippen molar-refractivity contribution in [2.45, 2.75) is 18.6 Å². The Bertz CT molecular complexity index is 531. The lowest BCUT2D eigenvalue weighted by Gasteiger charge is -2.28. The summed E-state index contributed by atoms with van der Waals surface area (Å²) < 4.78 is 38.7. The molecule has 0 radical (unpaired) electrons. The van der Waals surface area contributed by atoms with Gasteiger partial charge in [0.25, 0.3) is 0 Å². The summed E-state index contributed by atoms with van der Waals surface area (Å²) in [6, 6.07) is 4.39. The van der Waals surface area contributed by atoms with Gasteiger partial charge in [-0.05, 0) is 13.0 Å². The zero-order valence-electron chi connectivity index (χ0n) is 10.8. The maximum atomic E-state index is 12.9. The van der Waals surface area contributed by atoms with Gasteiger partial charge in [0.15, 0.2) is 5.54 Å². The van der Waals surface area contributed by atoms with Crippen LogP contribution in [0.15, 0.2) is 24.3 Å². The summed E-state index contributed by atoms with van der Waals surface area (Å²) >= 11 is 0. The third-order valence-corrected chi connectivity index (χ3v) is 2.91. The third-order valence-electron chi connectivity index (χ3n) is 2.91. The molecule has 1 aromatic carbocycles. The number of hydrogen-bond donors (Lipinski definition) is 4. The number of amides is 1. The second-order valence-electron chi connectivity index (χ2n) is 4.23. The monoisotopic (exact) mass is 289 g/mol. The molecule has 4 N–H and O–H groups in total. The first-order chi connectivity index (χ1) is 9.18. The average molecular weight is 289 g/mol. The Morgan fingerprint density at radius 3 is 2.30 bits per heavy atom. The molecule has 5 nitrogen and oxygen atoms in total. The molecule has 0 saturated carbocycles. The molecule has 1 amide bonds. The van der Waals surface area contributed by atoms with E-state index in [0.29, 0.717) is 0 Å². The van der Waals surface area contributed by atoms with Gasteiger partial charge in [-0.1, -0.05) is 18.2 Å². The van der Waals surface area contributed by atoms with E-state index in [1.165, 1.54) is 19.2 Å². The highest BCUT2D eigenvalue weighted by molar-refractivity contribution is 6.19. The molecule has 0 bridgehead atoms. The maximum Gasteiger partial charge on any atom is 0.417 e. The molecule has 1 rings (SSSR count). The lowest BCUT2D eigenvalue weighted by molar-refractivity contribution is -0.138. The molecule has 1 aromatic rings. The highest BCUT2D eigenvalue weighted by Gasteiger charge is 2.42. The molecule has 0 aliphatic rings. The van der Waals surface area contributed by atoms with Crippen LogP contribution in [0.25, 0.3) is 0 Å². The van der Waals surface area contributed by atoms with Gasteiger partial charge in [-0.15, -0.1) is 0 Å². The van der Waals surface area contributed by atoms with Crippen molar-refractivity contribution in [3.8, 4) is 0 Å². The second kappa shape index (κ2) is 5.59. The van der Waals surface area contributed by atoms with Crippen LogP contribution >= 0.6 is 0 Å². The highest BCUT2D eigenvalue weighted by Crippen LogP contribution is 2.33. The van der Waals surface area contributed by atoms with E-state index in [9.17, 15) is 18.0 Å². The Kier molecular flexibility index (Phi) is 4.51. The maximum absolute atomic E-state index is 12.9. The summed E-state index contributed by atoms with van der Waals surface area (Å²) in [5.41, 5.74) is -2.60. The summed E-state index contributed by atoms with van der Waals surface area (Å²) in [4.78, 5) is 11.7. The van der Waals surface area contributed by atoms with Gasteiger partial charge in [0.05, 0.1) is 11.3 Å². The fourth-order valence-corrected chi connectivity index (χ4v) is 1.69. The van der Waals surface area contributed by atoms with Crippen molar-refractivity contribution >= 4 is 11.6 Å². The van der Waals surface area contributed by atoms with Crippen LogP contribution in [-0.2, 0) is 11.0 Å². The van der Waals surface area contributed by atoms with E-state index >= 15 is 0 Å². The van der Waals surface area contributed by atoms with Crippen molar-refractivity contribution in [3.05, 3.63) is 35.4 Å². The van der Waals surface area contributed by atoms with Crippen molar-refractivity contribution in [2.75, 3.05) is 7.05 Å². The van der Waals surface area contributed by atoms with Gasteiger partial charge >= 0.3 is 6.18 Å². The SMILES string of the molecule is CNC(=O)C(C)(NO)C(=N)c1ccccc1C(F)(F)F. The smallest absolute Gasteiger partial charge is 0.357 e. The van der Waals surface area contributed by atoms with E-state index in [2.05, 4.69) is 5.32 Å². The van der Waals surface area contributed by atoms with Gasteiger partial charge in [0.2, 0.25) is 5.91 Å². The molecule has 8 heteroatoms. The lowest BCUT2D eigenvalue weighted by atomic mass is 9.87. The summed E-state index contributed by atoms with van der Waals surface area (Å²) in [7, 11) is 1.25. The van der Waals surface area contributed by atoms with Gasteiger partial charge in [0, 0.05) is 12.6 Å². The molecular formula is C12H14F3N3O2. The van der Waals surface area contributed by atoms with Gasteiger partial charge < -0.3 is 15.9 Å². The fraction of sp³-hybridized carbons (Fsp3) is 0.333. The second-order valence-corrected chi connectivity index (χ2v) is 4.23.